The van der Waals surface area contributed by atoms with Gasteiger partial charge in [-0.25, -0.2) is 8.42 Å². The van der Waals surface area contributed by atoms with E-state index in [-0.39, 0.29) is 10.5 Å². The first-order valence-corrected chi connectivity index (χ1v) is 9.88. The van der Waals surface area contributed by atoms with Crippen LogP contribution in [0.3, 0.4) is 0 Å². The number of piperazine rings is 1. The summed E-state index contributed by atoms with van der Waals surface area (Å²) >= 11 is 0. The third-order valence-electron chi connectivity index (χ3n) is 5.10. The molecular weight excluding hydrogens is 324 g/mol. The van der Waals surface area contributed by atoms with Crippen molar-refractivity contribution in [1.29, 1.82) is 5.26 Å². The van der Waals surface area contributed by atoms with Gasteiger partial charge in [0.25, 0.3) is 0 Å². The fourth-order valence-corrected chi connectivity index (χ4v) is 5.16. The molecule has 2 fully saturated rings. The summed E-state index contributed by atoms with van der Waals surface area (Å²) in [5, 5.41) is 9.17. The molecule has 0 atom stereocenters. The van der Waals surface area contributed by atoms with Crippen molar-refractivity contribution in [1.82, 2.24) is 14.1 Å². The van der Waals surface area contributed by atoms with Gasteiger partial charge in [-0.05, 0) is 45.1 Å². The van der Waals surface area contributed by atoms with Crippen LogP contribution in [0.15, 0.2) is 29.2 Å². The zero-order chi connectivity index (χ0) is 17.2. The quantitative estimate of drug-likeness (QED) is 0.814. The van der Waals surface area contributed by atoms with Crippen molar-refractivity contribution in [3.63, 3.8) is 0 Å². The van der Waals surface area contributed by atoms with E-state index in [1.165, 1.54) is 10.4 Å². The van der Waals surface area contributed by atoms with Gasteiger partial charge < -0.3 is 4.90 Å². The number of sulfonamides is 1. The predicted octanol–water partition coefficient (Wildman–Crippen LogP) is 0.959. The van der Waals surface area contributed by atoms with Gasteiger partial charge in [-0.3, -0.25) is 4.90 Å². The van der Waals surface area contributed by atoms with Crippen molar-refractivity contribution < 1.29 is 8.42 Å². The van der Waals surface area contributed by atoms with Crippen molar-refractivity contribution in [2.24, 2.45) is 0 Å². The molecule has 1 aromatic carbocycles. The molecule has 0 bridgehead atoms. The van der Waals surface area contributed by atoms with Crippen LogP contribution < -0.4 is 0 Å². The Balaban J connectivity index is 1.67. The van der Waals surface area contributed by atoms with Gasteiger partial charge in [0, 0.05) is 32.2 Å². The van der Waals surface area contributed by atoms with E-state index in [4.69, 9.17) is 5.26 Å². The van der Waals surface area contributed by atoms with E-state index in [1.54, 1.807) is 18.2 Å². The number of likely N-dealkylation sites (tertiary alicyclic amines) is 1. The number of hydrogen-bond donors (Lipinski definition) is 0. The van der Waals surface area contributed by atoms with Crippen LogP contribution in [0.2, 0.25) is 0 Å². The van der Waals surface area contributed by atoms with E-state index >= 15 is 0 Å². The Hall–Kier alpha value is -1.46. The second kappa shape index (κ2) is 7.19. The van der Waals surface area contributed by atoms with Crippen LogP contribution in [0.5, 0.6) is 0 Å². The van der Waals surface area contributed by atoms with Gasteiger partial charge in [-0.1, -0.05) is 12.1 Å². The number of rotatable bonds is 3. The molecule has 2 heterocycles. The Morgan fingerprint density at radius 2 is 1.67 bits per heavy atom. The first kappa shape index (κ1) is 17.4. The Kier molecular flexibility index (Phi) is 5.21. The Bertz CT molecular complexity index is 712. The molecule has 1 aromatic rings. The van der Waals surface area contributed by atoms with E-state index in [2.05, 4.69) is 16.8 Å². The topological polar surface area (TPSA) is 67.7 Å². The van der Waals surface area contributed by atoms with E-state index in [0.717, 1.165) is 39.0 Å². The Morgan fingerprint density at radius 1 is 1.04 bits per heavy atom. The van der Waals surface area contributed by atoms with Crippen LogP contribution in [0.25, 0.3) is 0 Å². The second-order valence-corrected chi connectivity index (χ2v) is 8.49. The molecule has 2 saturated heterocycles. The lowest BCUT2D eigenvalue weighted by molar-refractivity contribution is 0.0892. The molecule has 0 aromatic heterocycles. The van der Waals surface area contributed by atoms with Gasteiger partial charge in [-0.2, -0.15) is 9.57 Å². The molecule has 2 aliphatic rings. The van der Waals surface area contributed by atoms with Crippen LogP contribution in [0.4, 0.5) is 0 Å². The molecule has 0 radical (unpaired) electrons. The number of nitrogens with zero attached hydrogens (tertiary/aromatic N) is 4. The number of benzene rings is 1. The maximum Gasteiger partial charge on any atom is 0.244 e. The average molecular weight is 348 g/mol. The smallest absolute Gasteiger partial charge is 0.244 e. The predicted molar refractivity (Wildman–Crippen MR) is 92.0 cm³/mol. The molecule has 2 aliphatic heterocycles. The summed E-state index contributed by atoms with van der Waals surface area (Å²) in [6, 6.07) is 8.99. The molecule has 6 nitrogen and oxygen atoms in total. The van der Waals surface area contributed by atoms with Gasteiger partial charge in [0.15, 0.2) is 0 Å². The summed E-state index contributed by atoms with van der Waals surface area (Å²) in [7, 11) is -1.45. The summed E-state index contributed by atoms with van der Waals surface area (Å²) in [6.07, 6.45) is 2.31. The van der Waals surface area contributed by atoms with Gasteiger partial charge in [0.05, 0.1) is 10.5 Å². The zero-order valence-corrected chi connectivity index (χ0v) is 14.9. The maximum absolute atomic E-state index is 12.8. The molecule has 0 N–H and O–H groups in total. The fraction of sp³-hybridized carbons (Fsp3) is 0.588. The molecule has 0 spiro atoms. The van der Waals surface area contributed by atoms with E-state index < -0.39 is 10.0 Å². The van der Waals surface area contributed by atoms with Gasteiger partial charge in [-0.15, -0.1) is 0 Å². The lowest BCUT2D eigenvalue weighted by Gasteiger charge is -2.41. The Morgan fingerprint density at radius 3 is 2.29 bits per heavy atom. The summed E-state index contributed by atoms with van der Waals surface area (Å²) < 4.78 is 27.2. The largest absolute Gasteiger partial charge is 0.306 e. The van der Waals surface area contributed by atoms with Crippen molar-refractivity contribution in [2.45, 2.75) is 23.8 Å². The standard InChI is InChI=1S/C17H24N4O2S/c1-19-8-6-16(7-9-19)20-10-12-21(13-11-20)24(22,23)17-5-3-2-4-15(17)14-18/h2-5,16H,6-13H2,1H3. The molecule has 0 amide bonds. The first-order chi connectivity index (χ1) is 11.5. The molecule has 7 heteroatoms. The first-order valence-electron chi connectivity index (χ1n) is 8.44. The van der Waals surface area contributed by atoms with Crippen LogP contribution >= 0.6 is 0 Å². The highest BCUT2D eigenvalue weighted by molar-refractivity contribution is 7.89. The van der Waals surface area contributed by atoms with Gasteiger partial charge >= 0.3 is 0 Å². The Labute approximate surface area is 144 Å². The van der Waals surface area contributed by atoms with Crippen molar-refractivity contribution in [2.75, 3.05) is 46.3 Å². The highest BCUT2D eigenvalue weighted by Gasteiger charge is 2.32. The molecule has 3 rings (SSSR count). The molecule has 0 saturated carbocycles. The summed E-state index contributed by atoms with van der Waals surface area (Å²) in [6.45, 7) is 4.74. The number of hydrogen-bond acceptors (Lipinski definition) is 5. The van der Waals surface area contributed by atoms with Gasteiger partial charge in [0.2, 0.25) is 10.0 Å². The average Bonchev–Trinajstić information content (AvgIpc) is 2.62. The molecule has 0 aliphatic carbocycles. The monoisotopic (exact) mass is 348 g/mol. The zero-order valence-electron chi connectivity index (χ0n) is 14.1. The number of nitriles is 1. The fourth-order valence-electron chi connectivity index (χ4n) is 3.59. The second-order valence-electron chi connectivity index (χ2n) is 6.58. The lowest BCUT2D eigenvalue weighted by atomic mass is 10.0. The lowest BCUT2D eigenvalue weighted by Crippen LogP contribution is -2.54. The van der Waals surface area contributed by atoms with Crippen molar-refractivity contribution in [3.05, 3.63) is 29.8 Å². The molecule has 130 valence electrons. The van der Waals surface area contributed by atoms with Crippen LogP contribution in [-0.2, 0) is 10.0 Å². The minimum atomic E-state index is -3.59. The van der Waals surface area contributed by atoms with Crippen LogP contribution in [0.1, 0.15) is 18.4 Å². The molecular formula is C17H24N4O2S. The maximum atomic E-state index is 12.8. The summed E-state index contributed by atoms with van der Waals surface area (Å²) in [5.74, 6) is 0. The normalized spacial score (nSPS) is 22.3. The summed E-state index contributed by atoms with van der Waals surface area (Å²) in [5.41, 5.74) is 0.218. The third-order valence-corrected chi connectivity index (χ3v) is 7.06. The van der Waals surface area contributed by atoms with Crippen LogP contribution in [-0.4, -0.2) is 74.9 Å². The third kappa shape index (κ3) is 3.47. The van der Waals surface area contributed by atoms with Crippen molar-refractivity contribution in [3.8, 4) is 6.07 Å². The van der Waals surface area contributed by atoms with E-state index in [0.29, 0.717) is 19.1 Å². The van der Waals surface area contributed by atoms with Gasteiger partial charge in [0.1, 0.15) is 6.07 Å². The molecule has 0 unspecified atom stereocenters. The number of piperidine rings is 1. The van der Waals surface area contributed by atoms with E-state index in [1.807, 2.05) is 6.07 Å². The highest BCUT2D eigenvalue weighted by Crippen LogP contribution is 2.23. The van der Waals surface area contributed by atoms with E-state index in [9.17, 15) is 8.42 Å². The van der Waals surface area contributed by atoms with Crippen molar-refractivity contribution >= 4 is 10.0 Å². The summed E-state index contributed by atoms with van der Waals surface area (Å²) in [4.78, 5) is 4.89. The SMILES string of the molecule is CN1CCC(N2CCN(S(=O)(=O)c3ccccc3C#N)CC2)CC1. The van der Waals surface area contributed by atoms with Crippen LogP contribution in [0, 0.1) is 11.3 Å². The molecule has 24 heavy (non-hydrogen) atoms. The minimum absolute atomic E-state index is 0.125. The minimum Gasteiger partial charge on any atom is -0.306 e. The highest BCUT2D eigenvalue weighted by atomic mass is 32.2.